The second-order valence-electron chi connectivity index (χ2n) is 9.72. The number of rotatable bonds is 12. The number of nitrogens with one attached hydrogen (secondary N) is 1. The molecule has 0 fully saturated rings. The maximum absolute atomic E-state index is 12.1. The number of hydrogen-bond donors (Lipinski definition) is 1. The molecule has 3 atom stereocenters. The summed E-state index contributed by atoms with van der Waals surface area (Å²) in [7, 11) is 0. The van der Waals surface area contributed by atoms with E-state index in [4.69, 9.17) is 14.2 Å². The van der Waals surface area contributed by atoms with Gasteiger partial charge in [0.2, 0.25) is 0 Å². The fourth-order valence-corrected chi connectivity index (χ4v) is 4.41. The Morgan fingerprint density at radius 2 is 1.79 bits per heavy atom. The van der Waals surface area contributed by atoms with Gasteiger partial charge in [-0.05, 0) is 70.6 Å². The maximum atomic E-state index is 12.1. The van der Waals surface area contributed by atoms with Crippen molar-refractivity contribution in [1.82, 2.24) is 5.32 Å². The van der Waals surface area contributed by atoms with Crippen LogP contribution in [-0.2, 0) is 23.8 Å². The van der Waals surface area contributed by atoms with Crippen LogP contribution in [0.2, 0.25) is 0 Å². The van der Waals surface area contributed by atoms with Crippen LogP contribution in [-0.4, -0.2) is 36.3 Å². The van der Waals surface area contributed by atoms with Crippen molar-refractivity contribution in [2.24, 2.45) is 0 Å². The summed E-state index contributed by atoms with van der Waals surface area (Å²) in [6.45, 7) is 14.1. The number of allylic oxidation sites excluding steroid dienone is 2. The van der Waals surface area contributed by atoms with Gasteiger partial charge in [-0.3, -0.25) is 9.59 Å². The fraction of sp³-hybridized carbons (Fsp3) is 0.643. The van der Waals surface area contributed by atoms with Gasteiger partial charge >= 0.3 is 11.9 Å². The second-order valence-corrected chi connectivity index (χ2v) is 9.72. The number of carbonyl (C=O) groups is 2. The van der Waals surface area contributed by atoms with Gasteiger partial charge in [-0.2, -0.15) is 0 Å². The SMILES string of the molecule is CCCCCC1=CC(OC(C)=O)C2=C(OC(C)(CCC=C(C)C)C=C2NCCC)C1OC(C)=O. The molecule has 2 rings (SSSR count). The normalized spacial score (nSPS) is 23.7. The second kappa shape index (κ2) is 12.8. The lowest BCUT2D eigenvalue weighted by Crippen LogP contribution is -2.43. The predicted molar refractivity (Wildman–Crippen MR) is 135 cm³/mol. The van der Waals surface area contributed by atoms with E-state index in [0.717, 1.165) is 68.3 Å². The highest BCUT2D eigenvalue weighted by Gasteiger charge is 2.43. The van der Waals surface area contributed by atoms with Crippen LogP contribution in [0.25, 0.3) is 0 Å². The first kappa shape index (κ1) is 27.7. The van der Waals surface area contributed by atoms with Crippen molar-refractivity contribution in [2.45, 2.75) is 111 Å². The lowest BCUT2D eigenvalue weighted by atomic mass is 9.83. The molecule has 190 valence electrons. The first-order valence-electron chi connectivity index (χ1n) is 12.7. The third-order valence-electron chi connectivity index (χ3n) is 5.98. The number of hydrogen-bond acceptors (Lipinski definition) is 6. The van der Waals surface area contributed by atoms with Crippen LogP contribution < -0.4 is 5.32 Å². The van der Waals surface area contributed by atoms with E-state index in [-0.39, 0.29) is 11.9 Å². The van der Waals surface area contributed by atoms with Gasteiger partial charge in [0.15, 0.2) is 18.0 Å². The molecule has 0 saturated heterocycles. The summed E-state index contributed by atoms with van der Waals surface area (Å²) in [5.41, 5.74) is 3.23. The van der Waals surface area contributed by atoms with Gasteiger partial charge in [0, 0.05) is 26.1 Å². The minimum Gasteiger partial charge on any atom is -0.483 e. The number of ether oxygens (including phenoxy) is 3. The van der Waals surface area contributed by atoms with Gasteiger partial charge < -0.3 is 19.5 Å². The molecular formula is C28H43NO5. The molecule has 1 N–H and O–H groups in total. The van der Waals surface area contributed by atoms with Crippen molar-refractivity contribution in [3.8, 4) is 0 Å². The Labute approximate surface area is 205 Å². The minimum absolute atomic E-state index is 0.362. The van der Waals surface area contributed by atoms with Crippen molar-refractivity contribution in [2.75, 3.05) is 6.54 Å². The third-order valence-corrected chi connectivity index (χ3v) is 5.98. The maximum Gasteiger partial charge on any atom is 0.303 e. The standard InChI is InChI=1S/C28H43NO5/c1-8-10-11-14-22-17-24(32-20(5)30)25-23(29-16-9-2)18-28(7,15-12-13-19(3)4)34-27(25)26(22)33-21(6)31/h13,17-18,24,26,29H,8-12,14-16H2,1-7H3. The third kappa shape index (κ3) is 7.78. The number of unbranched alkanes of at least 4 members (excludes halogenated alkanes) is 2. The van der Waals surface area contributed by atoms with E-state index in [0.29, 0.717) is 5.76 Å². The van der Waals surface area contributed by atoms with E-state index in [1.165, 1.54) is 19.4 Å². The van der Waals surface area contributed by atoms with E-state index in [1.807, 2.05) is 6.08 Å². The Bertz CT molecular complexity index is 862. The smallest absolute Gasteiger partial charge is 0.303 e. The quantitative estimate of drug-likeness (QED) is 0.211. The summed E-state index contributed by atoms with van der Waals surface area (Å²) < 4.78 is 18.3. The van der Waals surface area contributed by atoms with Crippen LogP contribution >= 0.6 is 0 Å². The molecule has 1 heterocycles. The van der Waals surface area contributed by atoms with Crippen molar-refractivity contribution in [3.05, 3.63) is 46.4 Å². The molecule has 0 bridgehead atoms. The average Bonchev–Trinajstić information content (AvgIpc) is 2.73. The molecule has 0 aromatic rings. The fourth-order valence-electron chi connectivity index (χ4n) is 4.41. The molecule has 0 aromatic carbocycles. The molecule has 6 heteroatoms. The molecule has 1 aliphatic heterocycles. The van der Waals surface area contributed by atoms with Gasteiger partial charge in [-0.15, -0.1) is 0 Å². The van der Waals surface area contributed by atoms with Crippen LogP contribution in [0.5, 0.6) is 0 Å². The molecule has 3 unspecified atom stereocenters. The van der Waals surface area contributed by atoms with Gasteiger partial charge in [0.25, 0.3) is 0 Å². The zero-order valence-electron chi connectivity index (χ0n) is 22.1. The molecule has 0 amide bonds. The van der Waals surface area contributed by atoms with Crippen molar-refractivity contribution in [1.29, 1.82) is 0 Å². The molecule has 1 aliphatic carbocycles. The van der Waals surface area contributed by atoms with Gasteiger partial charge in [0.1, 0.15) is 5.60 Å². The summed E-state index contributed by atoms with van der Waals surface area (Å²) in [6, 6.07) is 0. The molecule has 0 aromatic heterocycles. The van der Waals surface area contributed by atoms with Crippen LogP contribution in [0.1, 0.15) is 93.4 Å². The van der Waals surface area contributed by atoms with Gasteiger partial charge in [0.05, 0.1) is 5.57 Å². The van der Waals surface area contributed by atoms with Crippen LogP contribution in [0.4, 0.5) is 0 Å². The summed E-state index contributed by atoms with van der Waals surface area (Å²) in [6.07, 6.45) is 11.5. The Morgan fingerprint density at radius 1 is 1.09 bits per heavy atom. The molecule has 0 saturated carbocycles. The van der Waals surface area contributed by atoms with E-state index in [9.17, 15) is 9.59 Å². The lowest BCUT2D eigenvalue weighted by Gasteiger charge is -2.42. The Morgan fingerprint density at radius 3 is 2.38 bits per heavy atom. The zero-order valence-corrected chi connectivity index (χ0v) is 22.1. The monoisotopic (exact) mass is 473 g/mol. The van der Waals surface area contributed by atoms with E-state index in [2.05, 4.69) is 52.1 Å². The largest absolute Gasteiger partial charge is 0.483 e. The Balaban J connectivity index is 2.56. The van der Waals surface area contributed by atoms with Crippen LogP contribution in [0, 0.1) is 0 Å². The highest BCUT2D eigenvalue weighted by molar-refractivity contribution is 5.69. The first-order chi connectivity index (χ1) is 16.1. The zero-order chi connectivity index (χ0) is 25.3. The van der Waals surface area contributed by atoms with E-state index in [1.54, 1.807) is 0 Å². The number of carbonyl (C=O) groups excluding carboxylic acids is 2. The topological polar surface area (TPSA) is 73.9 Å². The van der Waals surface area contributed by atoms with E-state index < -0.39 is 17.8 Å². The van der Waals surface area contributed by atoms with Crippen LogP contribution in [0.15, 0.2) is 46.4 Å². The molecular weight excluding hydrogens is 430 g/mol. The Hall–Kier alpha value is -2.50. The first-order valence-corrected chi connectivity index (χ1v) is 12.7. The summed E-state index contributed by atoms with van der Waals surface area (Å²) in [5, 5.41) is 3.52. The molecule has 0 radical (unpaired) electrons. The van der Waals surface area contributed by atoms with Gasteiger partial charge in [-0.25, -0.2) is 0 Å². The molecule has 2 aliphatic rings. The average molecular weight is 474 g/mol. The van der Waals surface area contributed by atoms with Crippen molar-refractivity contribution >= 4 is 11.9 Å². The minimum atomic E-state index is -0.619. The highest BCUT2D eigenvalue weighted by atomic mass is 16.6. The number of esters is 2. The van der Waals surface area contributed by atoms with E-state index >= 15 is 0 Å². The lowest BCUT2D eigenvalue weighted by molar-refractivity contribution is -0.148. The molecule has 0 spiro atoms. The van der Waals surface area contributed by atoms with Crippen molar-refractivity contribution < 1.29 is 23.8 Å². The summed E-state index contributed by atoms with van der Waals surface area (Å²) >= 11 is 0. The Kier molecular flexibility index (Phi) is 10.5. The van der Waals surface area contributed by atoms with Crippen molar-refractivity contribution in [3.63, 3.8) is 0 Å². The highest BCUT2D eigenvalue weighted by Crippen LogP contribution is 2.43. The van der Waals surface area contributed by atoms with Crippen LogP contribution in [0.3, 0.4) is 0 Å². The summed E-state index contributed by atoms with van der Waals surface area (Å²) in [4.78, 5) is 24.2. The molecule has 6 nitrogen and oxygen atoms in total. The predicted octanol–water partition coefficient (Wildman–Crippen LogP) is 6.04. The van der Waals surface area contributed by atoms with Gasteiger partial charge in [-0.1, -0.05) is 38.3 Å². The summed E-state index contributed by atoms with van der Waals surface area (Å²) in [5.74, 6) is -0.147. The molecule has 34 heavy (non-hydrogen) atoms.